The Kier molecular flexibility index (Phi) is 4.79. The van der Waals surface area contributed by atoms with Crippen molar-refractivity contribution in [3.8, 4) is 0 Å². The van der Waals surface area contributed by atoms with Crippen molar-refractivity contribution in [2.45, 2.75) is 13.8 Å². The maximum absolute atomic E-state index is 11.7. The van der Waals surface area contributed by atoms with Crippen LogP contribution in [0, 0.1) is 0 Å². The SMILES string of the molecule is C/C(Cl)=C\C=C(/C)C(=O)Nc1cccc(N)c1. The fraction of sp³-hybridized carbons (Fsp3) is 0.154. The van der Waals surface area contributed by atoms with Gasteiger partial charge < -0.3 is 11.1 Å². The summed E-state index contributed by atoms with van der Waals surface area (Å²) >= 11 is 5.68. The van der Waals surface area contributed by atoms with Crippen molar-refractivity contribution in [2.75, 3.05) is 11.1 Å². The van der Waals surface area contributed by atoms with Crippen LogP contribution < -0.4 is 11.1 Å². The minimum absolute atomic E-state index is 0.176. The zero-order valence-corrected chi connectivity index (χ0v) is 10.6. The van der Waals surface area contributed by atoms with Crippen LogP contribution in [0.25, 0.3) is 0 Å². The highest BCUT2D eigenvalue weighted by molar-refractivity contribution is 6.29. The van der Waals surface area contributed by atoms with Crippen molar-refractivity contribution in [3.63, 3.8) is 0 Å². The molecule has 90 valence electrons. The second-order valence-electron chi connectivity index (χ2n) is 3.68. The van der Waals surface area contributed by atoms with E-state index in [1.807, 2.05) is 0 Å². The third kappa shape index (κ3) is 4.74. The van der Waals surface area contributed by atoms with Crippen LogP contribution >= 0.6 is 11.6 Å². The number of nitrogens with two attached hydrogens (primary N) is 1. The van der Waals surface area contributed by atoms with Gasteiger partial charge in [0.2, 0.25) is 0 Å². The van der Waals surface area contributed by atoms with Crippen LogP contribution in [0.1, 0.15) is 13.8 Å². The first kappa shape index (κ1) is 13.3. The molecule has 0 aliphatic rings. The molecule has 1 aromatic carbocycles. The normalized spacial score (nSPS) is 12.4. The van der Waals surface area contributed by atoms with Gasteiger partial charge in [-0.3, -0.25) is 4.79 Å². The summed E-state index contributed by atoms with van der Waals surface area (Å²) in [5.74, 6) is -0.176. The first-order valence-electron chi connectivity index (χ1n) is 5.16. The maximum Gasteiger partial charge on any atom is 0.251 e. The Hall–Kier alpha value is -1.74. The summed E-state index contributed by atoms with van der Waals surface area (Å²) in [5.41, 5.74) is 7.48. The van der Waals surface area contributed by atoms with Gasteiger partial charge >= 0.3 is 0 Å². The molecule has 0 unspecified atom stereocenters. The Morgan fingerprint density at radius 1 is 1.35 bits per heavy atom. The first-order chi connectivity index (χ1) is 7.99. The summed E-state index contributed by atoms with van der Waals surface area (Å²) in [6.45, 7) is 3.47. The summed E-state index contributed by atoms with van der Waals surface area (Å²) in [6, 6.07) is 7.03. The van der Waals surface area contributed by atoms with Gasteiger partial charge in [-0.15, -0.1) is 0 Å². The van der Waals surface area contributed by atoms with Crippen LogP contribution in [-0.2, 0) is 4.79 Å². The molecule has 0 radical (unpaired) electrons. The molecule has 0 aliphatic carbocycles. The zero-order valence-electron chi connectivity index (χ0n) is 9.83. The Morgan fingerprint density at radius 2 is 2.06 bits per heavy atom. The third-order valence-electron chi connectivity index (χ3n) is 2.07. The number of nitrogens with one attached hydrogen (secondary N) is 1. The number of hydrogen-bond acceptors (Lipinski definition) is 2. The largest absolute Gasteiger partial charge is 0.399 e. The van der Waals surface area contributed by atoms with E-state index in [1.165, 1.54) is 0 Å². The van der Waals surface area contributed by atoms with Gasteiger partial charge in [-0.25, -0.2) is 0 Å². The van der Waals surface area contributed by atoms with E-state index in [1.54, 1.807) is 50.3 Å². The fourth-order valence-corrected chi connectivity index (χ4v) is 1.22. The van der Waals surface area contributed by atoms with Crippen molar-refractivity contribution in [1.82, 2.24) is 0 Å². The van der Waals surface area contributed by atoms with Gasteiger partial charge in [-0.2, -0.15) is 0 Å². The standard InChI is InChI=1S/C13H15ClN2O/c1-9(6-7-10(2)14)13(17)16-12-5-3-4-11(15)8-12/h3-8H,15H2,1-2H3,(H,16,17)/b9-6+,10-7+. The summed E-state index contributed by atoms with van der Waals surface area (Å²) < 4.78 is 0. The molecule has 0 aliphatic heterocycles. The van der Waals surface area contributed by atoms with Crippen LogP contribution in [-0.4, -0.2) is 5.91 Å². The van der Waals surface area contributed by atoms with Gasteiger partial charge in [-0.05, 0) is 38.1 Å². The Bertz CT molecular complexity index is 474. The van der Waals surface area contributed by atoms with E-state index in [4.69, 9.17) is 17.3 Å². The summed E-state index contributed by atoms with van der Waals surface area (Å²) in [5, 5.41) is 3.37. The number of carbonyl (C=O) groups excluding carboxylic acids is 1. The highest BCUT2D eigenvalue weighted by atomic mass is 35.5. The molecule has 1 amide bonds. The Balaban J connectivity index is 2.73. The van der Waals surface area contributed by atoms with E-state index in [9.17, 15) is 4.79 Å². The lowest BCUT2D eigenvalue weighted by Crippen LogP contribution is -2.12. The molecule has 0 saturated carbocycles. The summed E-state index contributed by atoms with van der Waals surface area (Å²) in [4.78, 5) is 11.7. The van der Waals surface area contributed by atoms with E-state index in [-0.39, 0.29) is 5.91 Å². The molecular weight excluding hydrogens is 236 g/mol. The monoisotopic (exact) mass is 250 g/mol. The second kappa shape index (κ2) is 6.11. The van der Waals surface area contributed by atoms with Crippen molar-refractivity contribution in [3.05, 3.63) is 47.0 Å². The van der Waals surface area contributed by atoms with Crippen molar-refractivity contribution in [1.29, 1.82) is 0 Å². The van der Waals surface area contributed by atoms with Gasteiger partial charge in [0.15, 0.2) is 0 Å². The van der Waals surface area contributed by atoms with E-state index >= 15 is 0 Å². The van der Waals surface area contributed by atoms with E-state index in [0.29, 0.717) is 22.0 Å². The molecule has 3 N–H and O–H groups in total. The number of rotatable bonds is 3. The summed E-state index contributed by atoms with van der Waals surface area (Å²) in [6.07, 6.45) is 3.35. The van der Waals surface area contributed by atoms with Gasteiger partial charge in [0.1, 0.15) is 0 Å². The van der Waals surface area contributed by atoms with Crippen molar-refractivity contribution >= 4 is 28.9 Å². The van der Waals surface area contributed by atoms with Gasteiger partial charge in [0.05, 0.1) is 0 Å². The molecule has 0 saturated heterocycles. The number of benzene rings is 1. The van der Waals surface area contributed by atoms with E-state index in [2.05, 4.69) is 5.32 Å². The van der Waals surface area contributed by atoms with E-state index < -0.39 is 0 Å². The molecule has 17 heavy (non-hydrogen) atoms. The predicted octanol–water partition coefficient (Wildman–Crippen LogP) is 3.30. The fourth-order valence-electron chi connectivity index (χ4n) is 1.16. The quantitative estimate of drug-likeness (QED) is 0.491. The average Bonchev–Trinajstić information content (AvgIpc) is 2.25. The van der Waals surface area contributed by atoms with Crippen LogP contribution in [0.3, 0.4) is 0 Å². The lowest BCUT2D eigenvalue weighted by molar-refractivity contribution is -0.112. The molecular formula is C13H15ClN2O. The molecule has 0 bridgehead atoms. The maximum atomic E-state index is 11.7. The predicted molar refractivity (Wildman–Crippen MR) is 72.9 cm³/mol. The minimum atomic E-state index is -0.176. The Morgan fingerprint density at radius 3 is 2.65 bits per heavy atom. The Labute approximate surface area is 106 Å². The molecule has 1 rings (SSSR count). The molecule has 3 nitrogen and oxygen atoms in total. The molecule has 0 heterocycles. The van der Waals surface area contributed by atoms with Gasteiger partial charge in [0.25, 0.3) is 5.91 Å². The summed E-state index contributed by atoms with van der Waals surface area (Å²) in [7, 11) is 0. The van der Waals surface area contributed by atoms with Gasteiger partial charge in [0, 0.05) is 22.0 Å². The smallest absolute Gasteiger partial charge is 0.251 e. The zero-order chi connectivity index (χ0) is 12.8. The number of allylic oxidation sites excluding steroid dienone is 3. The molecule has 0 atom stereocenters. The van der Waals surface area contributed by atoms with Crippen LogP contribution in [0.2, 0.25) is 0 Å². The highest BCUT2D eigenvalue weighted by Gasteiger charge is 2.03. The van der Waals surface area contributed by atoms with Crippen molar-refractivity contribution < 1.29 is 4.79 Å². The number of hydrogen-bond donors (Lipinski definition) is 2. The average molecular weight is 251 g/mol. The minimum Gasteiger partial charge on any atom is -0.399 e. The number of carbonyl (C=O) groups is 1. The van der Waals surface area contributed by atoms with Gasteiger partial charge in [-0.1, -0.05) is 23.7 Å². The first-order valence-corrected chi connectivity index (χ1v) is 5.54. The second-order valence-corrected chi connectivity index (χ2v) is 4.28. The topological polar surface area (TPSA) is 55.1 Å². The lowest BCUT2D eigenvalue weighted by Gasteiger charge is -2.05. The molecule has 0 aromatic heterocycles. The highest BCUT2D eigenvalue weighted by Crippen LogP contribution is 2.13. The lowest BCUT2D eigenvalue weighted by atomic mass is 10.2. The van der Waals surface area contributed by atoms with Crippen molar-refractivity contribution in [2.24, 2.45) is 0 Å². The number of anilines is 2. The third-order valence-corrected chi connectivity index (χ3v) is 2.19. The number of nitrogen functional groups attached to an aromatic ring is 1. The van der Waals surface area contributed by atoms with Crippen LogP contribution in [0.4, 0.5) is 11.4 Å². The van der Waals surface area contributed by atoms with Crippen LogP contribution in [0.15, 0.2) is 47.0 Å². The molecule has 4 heteroatoms. The molecule has 0 fully saturated rings. The van der Waals surface area contributed by atoms with Crippen LogP contribution in [0.5, 0.6) is 0 Å². The number of halogens is 1. The molecule has 1 aromatic rings. The number of amides is 1. The molecule has 0 spiro atoms. The van der Waals surface area contributed by atoms with E-state index in [0.717, 1.165) is 0 Å².